The zero-order valence-corrected chi connectivity index (χ0v) is 21.1. The van der Waals surface area contributed by atoms with E-state index in [1.54, 1.807) is 7.11 Å². The third-order valence-electron chi connectivity index (χ3n) is 6.45. The second kappa shape index (κ2) is 9.28. The lowest BCUT2D eigenvalue weighted by Gasteiger charge is -2.39. The second-order valence-electron chi connectivity index (χ2n) is 8.47. The van der Waals surface area contributed by atoms with Crippen molar-refractivity contribution in [2.24, 2.45) is 0 Å². The predicted molar refractivity (Wildman–Crippen MR) is 141 cm³/mol. The number of nitrogens with zero attached hydrogens (tertiary/aromatic N) is 3. The molecule has 0 amide bonds. The Labute approximate surface area is 214 Å². The quantitative estimate of drug-likeness (QED) is 0.329. The van der Waals surface area contributed by atoms with Crippen molar-refractivity contribution in [3.05, 3.63) is 95.1 Å². The summed E-state index contributed by atoms with van der Waals surface area (Å²) in [6.07, 6.45) is 1.66. The van der Waals surface area contributed by atoms with Crippen LogP contribution in [0, 0.1) is 0 Å². The van der Waals surface area contributed by atoms with Crippen molar-refractivity contribution in [2.75, 3.05) is 25.3 Å². The Balaban J connectivity index is 1.61. The van der Waals surface area contributed by atoms with E-state index < -0.39 is 0 Å². The smallest absolute Gasteiger partial charge is 0.227 e. The molecule has 0 radical (unpaired) electrons. The highest BCUT2D eigenvalue weighted by molar-refractivity contribution is 7.98. The largest absolute Gasteiger partial charge is 0.493 e. The molecule has 8 heteroatoms. The summed E-state index contributed by atoms with van der Waals surface area (Å²) < 4.78 is 20.1. The summed E-state index contributed by atoms with van der Waals surface area (Å²) >= 11 is 1.51. The average molecular weight is 499 g/mol. The van der Waals surface area contributed by atoms with Crippen molar-refractivity contribution >= 4 is 23.4 Å². The fraction of sp³-hybridized carbons (Fsp3) is 0.214. The first-order valence-electron chi connectivity index (χ1n) is 11.8. The first kappa shape index (κ1) is 22.5. The van der Waals surface area contributed by atoms with Gasteiger partial charge in [0.15, 0.2) is 11.5 Å². The molecule has 3 aromatic carbocycles. The van der Waals surface area contributed by atoms with E-state index in [4.69, 9.17) is 24.3 Å². The van der Waals surface area contributed by atoms with Crippen LogP contribution in [0.25, 0.3) is 5.70 Å². The number of benzene rings is 3. The standard InChI is InChI=1S/C28H26N4O3S/c1-4-34-21-15-14-18(16-22(21)33-2)25-23-24(29-27-30-28(36-3)31-32(25)27)19-12-8-9-13-20(19)35-26(23)17-10-6-5-7-11-17/h5-16,25-26H,4H2,1-3H3,(H,29,30,31)/t25-,26-/m1/s1. The van der Waals surface area contributed by atoms with Gasteiger partial charge in [-0.15, -0.1) is 5.10 Å². The molecule has 182 valence electrons. The van der Waals surface area contributed by atoms with Crippen molar-refractivity contribution in [1.82, 2.24) is 14.8 Å². The van der Waals surface area contributed by atoms with Gasteiger partial charge in [-0.25, -0.2) is 4.68 Å². The van der Waals surface area contributed by atoms with Gasteiger partial charge in [0.25, 0.3) is 0 Å². The predicted octanol–water partition coefficient (Wildman–Crippen LogP) is 5.97. The highest BCUT2D eigenvalue weighted by Crippen LogP contribution is 2.51. The Morgan fingerprint density at radius 2 is 1.81 bits per heavy atom. The fourth-order valence-corrected chi connectivity index (χ4v) is 5.24. The van der Waals surface area contributed by atoms with E-state index in [0.29, 0.717) is 29.2 Å². The van der Waals surface area contributed by atoms with Gasteiger partial charge in [0.2, 0.25) is 11.1 Å². The summed E-state index contributed by atoms with van der Waals surface area (Å²) in [5, 5.41) is 9.15. The summed E-state index contributed by atoms with van der Waals surface area (Å²) in [6, 6.07) is 24.2. The number of para-hydroxylation sites is 1. The van der Waals surface area contributed by atoms with E-state index in [9.17, 15) is 0 Å². The monoisotopic (exact) mass is 498 g/mol. The van der Waals surface area contributed by atoms with Crippen LogP contribution in [0.2, 0.25) is 0 Å². The van der Waals surface area contributed by atoms with Crippen LogP contribution in [0.3, 0.4) is 0 Å². The van der Waals surface area contributed by atoms with E-state index in [1.165, 1.54) is 11.8 Å². The molecule has 36 heavy (non-hydrogen) atoms. The first-order chi connectivity index (χ1) is 17.7. The molecule has 6 rings (SSSR count). The Bertz CT molecular complexity index is 1450. The number of aromatic nitrogens is 3. The van der Waals surface area contributed by atoms with Crippen LogP contribution in [0.15, 0.2) is 83.5 Å². The molecule has 0 bridgehead atoms. The number of rotatable bonds is 6. The van der Waals surface area contributed by atoms with Gasteiger partial charge in [-0.2, -0.15) is 4.98 Å². The SMILES string of the molecule is CCOc1ccc([C@@H]2C3=C(Nc4nc(SC)nn42)c2ccccc2O[C@@H]3c2ccccc2)cc1OC. The number of hydrogen-bond donors (Lipinski definition) is 1. The molecule has 0 saturated carbocycles. The molecule has 3 heterocycles. The number of thioether (sulfide) groups is 1. The molecule has 0 spiro atoms. The maximum atomic E-state index is 6.69. The number of fused-ring (bicyclic) bond motifs is 3. The van der Waals surface area contributed by atoms with Gasteiger partial charge in [-0.3, -0.25) is 0 Å². The molecule has 0 saturated heterocycles. The molecule has 2 atom stereocenters. The highest BCUT2D eigenvalue weighted by atomic mass is 32.2. The maximum Gasteiger partial charge on any atom is 0.227 e. The molecule has 1 N–H and O–H groups in total. The van der Waals surface area contributed by atoms with Gasteiger partial charge in [-0.05, 0) is 48.6 Å². The van der Waals surface area contributed by atoms with E-state index >= 15 is 0 Å². The summed E-state index contributed by atoms with van der Waals surface area (Å²) in [7, 11) is 1.66. The van der Waals surface area contributed by atoms with Gasteiger partial charge < -0.3 is 19.5 Å². The second-order valence-corrected chi connectivity index (χ2v) is 9.25. The molecule has 2 aliphatic rings. The molecule has 4 aromatic rings. The molecule has 1 aromatic heterocycles. The highest BCUT2D eigenvalue weighted by Gasteiger charge is 2.41. The number of ether oxygens (including phenoxy) is 3. The number of methoxy groups -OCH3 is 1. The van der Waals surface area contributed by atoms with Crippen LogP contribution in [0.4, 0.5) is 5.95 Å². The maximum absolute atomic E-state index is 6.69. The van der Waals surface area contributed by atoms with Crippen LogP contribution in [-0.2, 0) is 0 Å². The lowest BCUT2D eigenvalue weighted by molar-refractivity contribution is 0.223. The van der Waals surface area contributed by atoms with Gasteiger partial charge in [0, 0.05) is 11.1 Å². The lowest BCUT2D eigenvalue weighted by Crippen LogP contribution is -2.32. The van der Waals surface area contributed by atoms with Crippen LogP contribution >= 0.6 is 11.8 Å². The molecule has 0 unspecified atom stereocenters. The lowest BCUT2D eigenvalue weighted by atomic mass is 9.84. The Hall–Kier alpha value is -3.91. The van der Waals surface area contributed by atoms with E-state index in [0.717, 1.165) is 33.7 Å². The average Bonchev–Trinajstić information content (AvgIpc) is 3.35. The van der Waals surface area contributed by atoms with Crippen molar-refractivity contribution < 1.29 is 14.2 Å². The molecular formula is C28H26N4O3S. The number of nitrogens with one attached hydrogen (secondary N) is 1. The van der Waals surface area contributed by atoms with Gasteiger partial charge >= 0.3 is 0 Å². The Kier molecular flexibility index (Phi) is 5.81. The summed E-state index contributed by atoms with van der Waals surface area (Å²) in [4.78, 5) is 4.77. The van der Waals surface area contributed by atoms with E-state index in [2.05, 4.69) is 29.6 Å². The van der Waals surface area contributed by atoms with E-state index in [1.807, 2.05) is 66.4 Å². The molecule has 7 nitrogen and oxygen atoms in total. The van der Waals surface area contributed by atoms with Gasteiger partial charge in [-0.1, -0.05) is 60.3 Å². The van der Waals surface area contributed by atoms with Crippen molar-refractivity contribution in [3.8, 4) is 17.2 Å². The molecule has 0 aliphatic carbocycles. The zero-order chi connectivity index (χ0) is 24.6. The molecule has 0 fully saturated rings. The van der Waals surface area contributed by atoms with Crippen LogP contribution < -0.4 is 19.5 Å². The van der Waals surface area contributed by atoms with Crippen LogP contribution in [-0.4, -0.2) is 34.7 Å². The third kappa shape index (κ3) is 3.69. The first-order valence-corrected chi connectivity index (χ1v) is 13.1. The minimum absolute atomic E-state index is 0.271. The number of hydrogen-bond acceptors (Lipinski definition) is 7. The zero-order valence-electron chi connectivity index (χ0n) is 20.3. The minimum atomic E-state index is -0.318. The van der Waals surface area contributed by atoms with Crippen molar-refractivity contribution in [1.29, 1.82) is 0 Å². The van der Waals surface area contributed by atoms with Gasteiger partial charge in [0.05, 0.1) is 19.4 Å². The Morgan fingerprint density at radius 1 is 1.00 bits per heavy atom. The summed E-state index contributed by atoms with van der Waals surface area (Å²) in [5.41, 5.74) is 5.14. The van der Waals surface area contributed by atoms with Crippen molar-refractivity contribution in [3.63, 3.8) is 0 Å². The normalized spacial score (nSPS) is 17.9. The van der Waals surface area contributed by atoms with Crippen LogP contribution in [0.5, 0.6) is 17.2 Å². The van der Waals surface area contributed by atoms with Crippen LogP contribution in [0.1, 0.15) is 35.8 Å². The summed E-state index contributed by atoms with van der Waals surface area (Å²) in [6.45, 7) is 2.52. The molecular weight excluding hydrogens is 472 g/mol. The van der Waals surface area contributed by atoms with E-state index in [-0.39, 0.29) is 12.1 Å². The molecule has 2 aliphatic heterocycles. The Morgan fingerprint density at radius 3 is 2.58 bits per heavy atom. The number of anilines is 1. The fourth-order valence-electron chi connectivity index (χ4n) is 4.90. The topological polar surface area (TPSA) is 70.4 Å². The minimum Gasteiger partial charge on any atom is -0.493 e. The van der Waals surface area contributed by atoms with Crippen molar-refractivity contribution in [2.45, 2.75) is 24.2 Å². The third-order valence-corrected chi connectivity index (χ3v) is 6.99. The van der Waals surface area contributed by atoms with Gasteiger partial charge in [0.1, 0.15) is 17.9 Å². The summed E-state index contributed by atoms with van der Waals surface area (Å²) in [5.74, 6) is 2.91.